The van der Waals surface area contributed by atoms with Crippen molar-refractivity contribution in [1.82, 2.24) is 0 Å². The Morgan fingerprint density at radius 3 is 2.63 bits per heavy atom. The summed E-state index contributed by atoms with van der Waals surface area (Å²) in [5.74, 6) is -0.817. The molecule has 1 amide bonds. The fraction of sp³-hybridized carbons (Fsp3) is 0.227. The molecule has 138 valence electrons. The Bertz CT molecular complexity index is 883. The maximum absolute atomic E-state index is 12.3. The van der Waals surface area contributed by atoms with Crippen LogP contribution in [0.2, 0.25) is 0 Å². The lowest BCUT2D eigenvalue weighted by Gasteiger charge is -2.16. The second-order valence-electron chi connectivity index (χ2n) is 6.47. The molecular weight excluding hydrogens is 342 g/mol. The first-order valence-corrected chi connectivity index (χ1v) is 8.88. The molecule has 2 aromatic carbocycles. The van der Waals surface area contributed by atoms with Crippen molar-refractivity contribution in [2.45, 2.75) is 19.8 Å². The van der Waals surface area contributed by atoms with E-state index in [-0.39, 0.29) is 18.3 Å². The third-order valence-electron chi connectivity index (χ3n) is 4.39. The van der Waals surface area contributed by atoms with Crippen LogP contribution >= 0.6 is 0 Å². The van der Waals surface area contributed by atoms with Gasteiger partial charge in [0.15, 0.2) is 12.4 Å². The van der Waals surface area contributed by atoms with E-state index in [0.717, 1.165) is 17.5 Å². The van der Waals surface area contributed by atoms with Crippen molar-refractivity contribution in [3.8, 4) is 0 Å². The molecule has 0 atom stereocenters. The molecule has 27 heavy (non-hydrogen) atoms. The molecule has 0 aromatic heterocycles. The predicted molar refractivity (Wildman–Crippen MR) is 104 cm³/mol. The zero-order valence-corrected chi connectivity index (χ0v) is 15.2. The van der Waals surface area contributed by atoms with Crippen LogP contribution in [0.25, 0.3) is 6.08 Å². The van der Waals surface area contributed by atoms with E-state index in [1.807, 2.05) is 31.2 Å². The summed E-state index contributed by atoms with van der Waals surface area (Å²) in [5, 5.41) is 0. The Morgan fingerprint density at radius 2 is 1.93 bits per heavy atom. The zero-order chi connectivity index (χ0) is 19.2. The van der Waals surface area contributed by atoms with Crippen LogP contribution in [-0.2, 0) is 14.3 Å². The smallest absolute Gasteiger partial charge is 0.331 e. The maximum Gasteiger partial charge on any atom is 0.331 e. The minimum atomic E-state index is -0.574. The van der Waals surface area contributed by atoms with Crippen molar-refractivity contribution in [3.63, 3.8) is 0 Å². The summed E-state index contributed by atoms with van der Waals surface area (Å²) in [4.78, 5) is 37.6. The first kappa shape index (κ1) is 18.6. The van der Waals surface area contributed by atoms with Crippen LogP contribution < -0.4 is 4.90 Å². The molecule has 2 aromatic rings. The number of anilines is 1. The molecule has 1 aliphatic heterocycles. The van der Waals surface area contributed by atoms with Gasteiger partial charge in [0.2, 0.25) is 5.91 Å². The number of ketones is 1. The topological polar surface area (TPSA) is 63.7 Å². The molecule has 5 nitrogen and oxygen atoms in total. The number of carbonyl (C=O) groups is 3. The lowest BCUT2D eigenvalue weighted by atomic mass is 10.1. The average molecular weight is 363 g/mol. The molecule has 3 rings (SSSR count). The summed E-state index contributed by atoms with van der Waals surface area (Å²) < 4.78 is 5.03. The van der Waals surface area contributed by atoms with Crippen LogP contribution in [0, 0.1) is 6.92 Å². The molecule has 1 saturated heterocycles. The Hall–Kier alpha value is -3.21. The lowest BCUT2D eigenvalue weighted by molar-refractivity contribution is -0.136. The molecule has 0 spiro atoms. The minimum Gasteiger partial charge on any atom is -0.454 e. The summed E-state index contributed by atoms with van der Waals surface area (Å²) in [6.45, 7) is 2.31. The monoisotopic (exact) mass is 363 g/mol. The number of ether oxygens (including phenoxy) is 1. The average Bonchev–Trinajstić information content (AvgIpc) is 3.11. The first-order valence-electron chi connectivity index (χ1n) is 8.88. The van der Waals surface area contributed by atoms with E-state index in [4.69, 9.17) is 4.74 Å². The Kier molecular flexibility index (Phi) is 5.81. The van der Waals surface area contributed by atoms with Crippen LogP contribution in [0.3, 0.4) is 0 Å². The fourth-order valence-corrected chi connectivity index (χ4v) is 2.88. The van der Waals surface area contributed by atoms with Crippen molar-refractivity contribution in [2.24, 2.45) is 0 Å². The Morgan fingerprint density at radius 1 is 1.15 bits per heavy atom. The second-order valence-corrected chi connectivity index (χ2v) is 6.47. The van der Waals surface area contributed by atoms with Crippen LogP contribution in [0.5, 0.6) is 0 Å². The van der Waals surface area contributed by atoms with E-state index in [1.54, 1.807) is 35.2 Å². The molecule has 0 bridgehead atoms. The number of hydrogen-bond acceptors (Lipinski definition) is 4. The van der Waals surface area contributed by atoms with E-state index in [1.165, 1.54) is 6.08 Å². The van der Waals surface area contributed by atoms with Gasteiger partial charge in [-0.15, -0.1) is 0 Å². The number of carbonyl (C=O) groups excluding carboxylic acids is 3. The summed E-state index contributed by atoms with van der Waals surface area (Å²) >= 11 is 0. The molecule has 0 unspecified atom stereocenters. The van der Waals surface area contributed by atoms with Gasteiger partial charge in [0.05, 0.1) is 0 Å². The van der Waals surface area contributed by atoms with Crippen molar-refractivity contribution in [2.75, 3.05) is 18.1 Å². The predicted octanol–water partition coefficient (Wildman–Crippen LogP) is 3.56. The quantitative estimate of drug-likeness (QED) is 0.447. The van der Waals surface area contributed by atoms with Crippen LogP contribution in [-0.4, -0.2) is 30.8 Å². The summed E-state index contributed by atoms with van der Waals surface area (Å²) in [5.41, 5.74) is 3.14. The number of nitrogens with zero attached hydrogens (tertiary/aromatic N) is 1. The van der Waals surface area contributed by atoms with E-state index in [0.29, 0.717) is 24.2 Å². The first-order chi connectivity index (χ1) is 13.0. The zero-order valence-electron chi connectivity index (χ0n) is 15.2. The van der Waals surface area contributed by atoms with Gasteiger partial charge >= 0.3 is 5.97 Å². The molecule has 1 aliphatic rings. The molecule has 0 aliphatic carbocycles. The number of hydrogen-bond donors (Lipinski definition) is 0. The number of rotatable bonds is 6. The van der Waals surface area contributed by atoms with Gasteiger partial charge in [0.1, 0.15) is 0 Å². The van der Waals surface area contributed by atoms with Gasteiger partial charge in [0.25, 0.3) is 0 Å². The van der Waals surface area contributed by atoms with Crippen molar-refractivity contribution in [3.05, 3.63) is 71.3 Å². The Labute approximate surface area is 158 Å². The highest BCUT2D eigenvalue weighted by Gasteiger charge is 2.22. The molecule has 0 N–H and O–H groups in total. The van der Waals surface area contributed by atoms with Gasteiger partial charge in [-0.1, -0.05) is 42.0 Å². The van der Waals surface area contributed by atoms with Gasteiger partial charge in [-0.2, -0.15) is 0 Å². The Balaban J connectivity index is 1.56. The van der Waals surface area contributed by atoms with E-state index in [9.17, 15) is 14.4 Å². The third kappa shape index (κ3) is 4.91. The second kappa shape index (κ2) is 8.45. The summed E-state index contributed by atoms with van der Waals surface area (Å²) in [6, 6.07) is 14.6. The fourth-order valence-electron chi connectivity index (χ4n) is 2.88. The standard InChI is InChI=1S/C22H21NO4/c1-16-7-9-17(10-8-16)11-12-22(26)27-15-20(24)18-4-2-5-19(14-18)23-13-3-6-21(23)25/h2,4-5,7-12,14H,3,6,13,15H2,1H3/b12-11+. The third-order valence-corrected chi connectivity index (χ3v) is 4.39. The highest BCUT2D eigenvalue weighted by Crippen LogP contribution is 2.22. The molecule has 0 saturated carbocycles. The van der Waals surface area contributed by atoms with Gasteiger partial charge in [-0.3, -0.25) is 9.59 Å². The van der Waals surface area contributed by atoms with Crippen molar-refractivity contribution < 1.29 is 19.1 Å². The highest BCUT2D eigenvalue weighted by molar-refractivity contribution is 6.01. The minimum absolute atomic E-state index is 0.0623. The molecule has 0 radical (unpaired) electrons. The maximum atomic E-state index is 12.3. The molecule has 1 heterocycles. The number of benzene rings is 2. The van der Waals surface area contributed by atoms with Gasteiger partial charge < -0.3 is 9.64 Å². The number of amides is 1. The van der Waals surface area contributed by atoms with Gasteiger partial charge in [-0.25, -0.2) is 4.79 Å². The van der Waals surface area contributed by atoms with Crippen molar-refractivity contribution >= 4 is 29.4 Å². The van der Waals surface area contributed by atoms with E-state index >= 15 is 0 Å². The lowest BCUT2D eigenvalue weighted by Crippen LogP contribution is -2.24. The number of aryl methyl sites for hydroxylation is 1. The van der Waals surface area contributed by atoms with Crippen LogP contribution in [0.4, 0.5) is 5.69 Å². The van der Waals surface area contributed by atoms with Crippen LogP contribution in [0.1, 0.15) is 34.3 Å². The SMILES string of the molecule is Cc1ccc(/C=C/C(=O)OCC(=O)c2cccc(N3CCCC3=O)c2)cc1. The number of Topliss-reactive ketones (excluding diaryl/α,β-unsaturated/α-hetero) is 1. The normalized spacial score (nSPS) is 14.0. The largest absolute Gasteiger partial charge is 0.454 e. The molecule has 5 heteroatoms. The van der Waals surface area contributed by atoms with E-state index in [2.05, 4.69) is 0 Å². The van der Waals surface area contributed by atoms with Gasteiger partial charge in [-0.05, 0) is 37.1 Å². The molecular formula is C22H21NO4. The van der Waals surface area contributed by atoms with Crippen molar-refractivity contribution in [1.29, 1.82) is 0 Å². The summed E-state index contributed by atoms with van der Waals surface area (Å²) in [7, 11) is 0. The van der Waals surface area contributed by atoms with Gasteiger partial charge in [0, 0.05) is 30.3 Å². The molecule has 1 fully saturated rings. The van der Waals surface area contributed by atoms with Crippen LogP contribution in [0.15, 0.2) is 54.6 Å². The van der Waals surface area contributed by atoms with E-state index < -0.39 is 5.97 Å². The number of esters is 1. The highest BCUT2D eigenvalue weighted by atomic mass is 16.5. The summed E-state index contributed by atoms with van der Waals surface area (Å²) in [6.07, 6.45) is 4.30.